The number of benzene rings is 1. The molecule has 0 saturated carbocycles. The van der Waals surface area contributed by atoms with Crippen LogP contribution in [-0.4, -0.2) is 14.8 Å². The van der Waals surface area contributed by atoms with Gasteiger partial charge in [0, 0.05) is 18.0 Å². The van der Waals surface area contributed by atoms with E-state index in [4.69, 9.17) is 4.74 Å². The Hall–Kier alpha value is -3.03. The van der Waals surface area contributed by atoms with E-state index in [0.717, 1.165) is 23.8 Å². The molecule has 1 aromatic heterocycles. The van der Waals surface area contributed by atoms with E-state index in [2.05, 4.69) is 4.98 Å². The number of pyridine rings is 1. The summed E-state index contributed by atoms with van der Waals surface area (Å²) in [5.74, 6) is 0.0646. The molecule has 0 aliphatic heterocycles. The Morgan fingerprint density at radius 1 is 1.10 bits per heavy atom. The maximum atomic E-state index is 10.7. The van der Waals surface area contributed by atoms with Crippen LogP contribution in [0.15, 0.2) is 42.7 Å². The standard InChI is InChI=1S/C12H9N3O5/c16-14(17)10-4-11(15(18)19)6-12(5-10)20-8-9-2-1-3-13-7-9/h1-7H,8H2. The fourth-order valence-electron chi connectivity index (χ4n) is 1.51. The number of hydrogen-bond donors (Lipinski definition) is 0. The highest BCUT2D eigenvalue weighted by Gasteiger charge is 2.17. The van der Waals surface area contributed by atoms with Gasteiger partial charge < -0.3 is 4.74 Å². The summed E-state index contributed by atoms with van der Waals surface area (Å²) in [6.45, 7) is 0.117. The van der Waals surface area contributed by atoms with E-state index in [1.54, 1.807) is 24.5 Å². The van der Waals surface area contributed by atoms with E-state index in [9.17, 15) is 20.2 Å². The number of aromatic nitrogens is 1. The second-order valence-electron chi connectivity index (χ2n) is 3.85. The Labute approximate surface area is 112 Å². The molecule has 2 aromatic rings. The Balaban J connectivity index is 2.22. The van der Waals surface area contributed by atoms with E-state index >= 15 is 0 Å². The molecule has 0 N–H and O–H groups in total. The lowest BCUT2D eigenvalue weighted by Crippen LogP contribution is -1.98. The Morgan fingerprint density at radius 2 is 1.75 bits per heavy atom. The summed E-state index contributed by atoms with van der Waals surface area (Å²) in [5.41, 5.74) is -0.0255. The monoisotopic (exact) mass is 275 g/mol. The van der Waals surface area contributed by atoms with Gasteiger partial charge in [-0.15, -0.1) is 0 Å². The van der Waals surface area contributed by atoms with Crippen molar-refractivity contribution in [2.24, 2.45) is 0 Å². The summed E-state index contributed by atoms with van der Waals surface area (Å²) in [4.78, 5) is 23.9. The molecule has 0 radical (unpaired) electrons. The topological polar surface area (TPSA) is 108 Å². The van der Waals surface area contributed by atoms with E-state index < -0.39 is 9.85 Å². The molecule has 0 fully saturated rings. The zero-order chi connectivity index (χ0) is 14.5. The van der Waals surface area contributed by atoms with Gasteiger partial charge in [-0.25, -0.2) is 0 Å². The van der Waals surface area contributed by atoms with Crippen molar-refractivity contribution in [3.63, 3.8) is 0 Å². The summed E-state index contributed by atoms with van der Waals surface area (Å²) >= 11 is 0. The van der Waals surface area contributed by atoms with Crippen molar-refractivity contribution >= 4 is 11.4 Å². The third-order valence-corrected chi connectivity index (χ3v) is 2.43. The fraction of sp³-hybridized carbons (Fsp3) is 0.0833. The first kappa shape index (κ1) is 13.4. The van der Waals surface area contributed by atoms with Gasteiger partial charge >= 0.3 is 0 Å². The summed E-state index contributed by atoms with van der Waals surface area (Å²) in [6, 6.07) is 6.65. The maximum absolute atomic E-state index is 10.7. The highest BCUT2D eigenvalue weighted by Crippen LogP contribution is 2.27. The number of ether oxygens (including phenoxy) is 1. The van der Waals surface area contributed by atoms with Crippen molar-refractivity contribution in [3.05, 3.63) is 68.5 Å². The second kappa shape index (κ2) is 5.74. The Bertz CT molecular complexity index is 613. The van der Waals surface area contributed by atoms with Gasteiger partial charge in [0.15, 0.2) is 0 Å². The average Bonchev–Trinajstić information content (AvgIpc) is 2.45. The number of nitro groups is 2. The third kappa shape index (κ3) is 3.25. The molecular formula is C12H9N3O5. The largest absolute Gasteiger partial charge is 0.488 e. The van der Waals surface area contributed by atoms with Crippen LogP contribution in [0.1, 0.15) is 5.56 Å². The van der Waals surface area contributed by atoms with Crippen molar-refractivity contribution < 1.29 is 14.6 Å². The minimum atomic E-state index is -0.704. The number of nitro benzene ring substituents is 2. The van der Waals surface area contributed by atoms with Crippen molar-refractivity contribution in [2.75, 3.05) is 0 Å². The highest BCUT2D eigenvalue weighted by molar-refractivity contribution is 5.49. The fourth-order valence-corrected chi connectivity index (χ4v) is 1.51. The van der Waals surface area contributed by atoms with Crippen LogP contribution in [0.25, 0.3) is 0 Å². The molecule has 20 heavy (non-hydrogen) atoms. The number of nitrogens with zero attached hydrogens (tertiary/aromatic N) is 3. The van der Waals surface area contributed by atoms with Gasteiger partial charge in [0.05, 0.1) is 28.0 Å². The number of hydrogen-bond acceptors (Lipinski definition) is 6. The number of non-ortho nitro benzene ring substituents is 2. The van der Waals surface area contributed by atoms with Gasteiger partial charge in [-0.2, -0.15) is 0 Å². The van der Waals surface area contributed by atoms with E-state index in [1.807, 2.05) is 0 Å². The van der Waals surface area contributed by atoms with Crippen molar-refractivity contribution in [2.45, 2.75) is 6.61 Å². The minimum absolute atomic E-state index is 0.0646. The predicted octanol–water partition coefficient (Wildman–Crippen LogP) is 2.48. The highest BCUT2D eigenvalue weighted by atomic mass is 16.6. The Morgan fingerprint density at radius 3 is 2.25 bits per heavy atom. The van der Waals surface area contributed by atoms with Gasteiger partial charge in [0.2, 0.25) is 0 Å². The SMILES string of the molecule is O=[N+]([O-])c1cc(OCc2cccnc2)cc([N+](=O)[O-])c1. The van der Waals surface area contributed by atoms with Crippen LogP contribution in [0.2, 0.25) is 0 Å². The van der Waals surface area contributed by atoms with Crippen molar-refractivity contribution in [3.8, 4) is 5.75 Å². The van der Waals surface area contributed by atoms with Crippen LogP contribution in [0, 0.1) is 20.2 Å². The summed E-state index contributed by atoms with van der Waals surface area (Å²) in [6.07, 6.45) is 3.17. The van der Waals surface area contributed by atoms with Gasteiger partial charge in [-0.3, -0.25) is 25.2 Å². The van der Waals surface area contributed by atoms with Gasteiger partial charge in [-0.1, -0.05) is 6.07 Å². The average molecular weight is 275 g/mol. The van der Waals surface area contributed by atoms with Gasteiger partial charge in [0.1, 0.15) is 12.4 Å². The lowest BCUT2D eigenvalue weighted by Gasteiger charge is -2.05. The molecule has 2 rings (SSSR count). The van der Waals surface area contributed by atoms with Crippen LogP contribution in [0.4, 0.5) is 11.4 Å². The second-order valence-corrected chi connectivity index (χ2v) is 3.85. The van der Waals surface area contributed by atoms with E-state index in [0.29, 0.717) is 0 Å². The molecule has 0 bridgehead atoms. The first-order chi connectivity index (χ1) is 9.56. The molecule has 0 aliphatic rings. The number of rotatable bonds is 5. The zero-order valence-corrected chi connectivity index (χ0v) is 10.1. The lowest BCUT2D eigenvalue weighted by molar-refractivity contribution is -0.394. The summed E-state index contributed by atoms with van der Waals surface area (Å²) < 4.78 is 5.32. The molecule has 0 amide bonds. The van der Waals surface area contributed by atoms with Crippen LogP contribution >= 0.6 is 0 Å². The molecule has 8 nitrogen and oxygen atoms in total. The summed E-state index contributed by atoms with van der Waals surface area (Å²) in [5, 5.41) is 21.4. The summed E-state index contributed by atoms with van der Waals surface area (Å²) in [7, 11) is 0. The molecule has 0 unspecified atom stereocenters. The lowest BCUT2D eigenvalue weighted by atomic mass is 10.2. The third-order valence-electron chi connectivity index (χ3n) is 2.43. The van der Waals surface area contributed by atoms with Crippen LogP contribution in [0.5, 0.6) is 5.75 Å². The first-order valence-electron chi connectivity index (χ1n) is 5.52. The minimum Gasteiger partial charge on any atom is -0.488 e. The maximum Gasteiger partial charge on any atom is 0.280 e. The Kier molecular flexibility index (Phi) is 3.85. The predicted molar refractivity (Wildman–Crippen MR) is 68.3 cm³/mol. The molecule has 1 heterocycles. The quantitative estimate of drug-likeness (QED) is 0.612. The normalized spacial score (nSPS) is 10.0. The molecule has 0 spiro atoms. The smallest absolute Gasteiger partial charge is 0.280 e. The molecular weight excluding hydrogens is 266 g/mol. The first-order valence-corrected chi connectivity index (χ1v) is 5.52. The molecule has 1 aromatic carbocycles. The van der Waals surface area contributed by atoms with Crippen molar-refractivity contribution in [1.82, 2.24) is 4.98 Å². The molecule has 8 heteroatoms. The van der Waals surface area contributed by atoms with E-state index in [1.165, 1.54) is 0 Å². The molecule has 0 aliphatic carbocycles. The zero-order valence-electron chi connectivity index (χ0n) is 10.1. The van der Waals surface area contributed by atoms with E-state index in [-0.39, 0.29) is 23.7 Å². The molecule has 102 valence electrons. The van der Waals surface area contributed by atoms with Crippen LogP contribution in [-0.2, 0) is 6.61 Å². The molecule has 0 saturated heterocycles. The molecule has 0 atom stereocenters. The van der Waals surface area contributed by atoms with Crippen LogP contribution < -0.4 is 4.74 Å². The van der Waals surface area contributed by atoms with Crippen molar-refractivity contribution in [1.29, 1.82) is 0 Å². The van der Waals surface area contributed by atoms with Gasteiger partial charge in [-0.05, 0) is 6.07 Å². The van der Waals surface area contributed by atoms with Crippen LogP contribution in [0.3, 0.4) is 0 Å². The van der Waals surface area contributed by atoms with Gasteiger partial charge in [0.25, 0.3) is 11.4 Å².